The molecule has 0 fully saturated rings. The maximum absolute atomic E-state index is 11.2. The van der Waals surface area contributed by atoms with Crippen LogP contribution < -0.4 is 0 Å². The van der Waals surface area contributed by atoms with Crippen molar-refractivity contribution < 1.29 is 9.90 Å². The van der Waals surface area contributed by atoms with Crippen molar-refractivity contribution in [1.29, 1.82) is 0 Å². The Kier molecular flexibility index (Phi) is 4.83. The highest BCUT2D eigenvalue weighted by Gasteiger charge is 2.12. The van der Waals surface area contributed by atoms with Gasteiger partial charge in [-0.25, -0.2) is 9.78 Å². The van der Waals surface area contributed by atoms with Crippen LogP contribution in [-0.4, -0.2) is 16.1 Å². The van der Waals surface area contributed by atoms with Gasteiger partial charge in [0.05, 0.1) is 5.56 Å². The molecule has 0 aliphatic carbocycles. The fourth-order valence-corrected chi connectivity index (χ4v) is 3.23. The monoisotopic (exact) mass is 351 g/mol. The Balaban J connectivity index is 2.20. The van der Waals surface area contributed by atoms with Gasteiger partial charge in [-0.15, -0.1) is 11.8 Å². The molecule has 1 aromatic heterocycles. The third-order valence-corrected chi connectivity index (χ3v) is 4.22. The lowest BCUT2D eigenvalue weighted by molar-refractivity contribution is 0.0692. The van der Waals surface area contributed by atoms with E-state index in [1.54, 1.807) is 12.3 Å². The maximum atomic E-state index is 11.2. The van der Waals surface area contributed by atoms with Gasteiger partial charge in [-0.2, -0.15) is 0 Å². The summed E-state index contributed by atoms with van der Waals surface area (Å²) in [4.78, 5) is 15.4. The van der Waals surface area contributed by atoms with Gasteiger partial charge < -0.3 is 5.11 Å². The van der Waals surface area contributed by atoms with E-state index in [9.17, 15) is 9.90 Å². The number of halogens is 1. The second-order valence-corrected chi connectivity index (χ2v) is 6.48. The molecular formula is C15H14BrNO2S. The smallest absolute Gasteiger partial charge is 0.338 e. The van der Waals surface area contributed by atoms with E-state index < -0.39 is 5.97 Å². The molecule has 1 aromatic carbocycles. The van der Waals surface area contributed by atoms with E-state index in [-0.39, 0.29) is 5.56 Å². The normalized spacial score (nSPS) is 10.6. The first kappa shape index (κ1) is 15.1. The number of carboxylic acid groups (broad SMARTS) is 1. The molecule has 0 saturated heterocycles. The molecule has 0 bridgehead atoms. The number of hydrogen-bond donors (Lipinski definition) is 1. The van der Waals surface area contributed by atoms with Gasteiger partial charge in [-0.3, -0.25) is 0 Å². The number of aromatic carboxylic acids is 1. The quantitative estimate of drug-likeness (QED) is 0.826. The second kappa shape index (κ2) is 6.41. The summed E-state index contributed by atoms with van der Waals surface area (Å²) in [6.45, 7) is 4.11. The standard InChI is InChI=1S/C15H14BrNO2S/c1-9-3-10(2)5-11(4-9)8-20-14-13(15(18)19)6-12(16)7-17-14/h3-7H,8H2,1-2H3,(H,18,19). The van der Waals surface area contributed by atoms with E-state index in [1.807, 2.05) is 0 Å². The summed E-state index contributed by atoms with van der Waals surface area (Å²) >= 11 is 4.69. The first-order chi connectivity index (χ1) is 9.45. The van der Waals surface area contributed by atoms with Crippen molar-refractivity contribution in [3.63, 3.8) is 0 Å². The summed E-state index contributed by atoms with van der Waals surface area (Å²) in [6, 6.07) is 7.92. The van der Waals surface area contributed by atoms with Gasteiger partial charge in [-0.05, 0) is 41.4 Å². The molecule has 3 nitrogen and oxygen atoms in total. The van der Waals surface area contributed by atoms with Gasteiger partial charge in [0.15, 0.2) is 0 Å². The van der Waals surface area contributed by atoms with Crippen LogP contribution in [0.15, 0.2) is 40.0 Å². The predicted molar refractivity (Wildman–Crippen MR) is 84.4 cm³/mol. The Hall–Kier alpha value is -1.33. The highest BCUT2D eigenvalue weighted by molar-refractivity contribution is 9.10. The molecule has 104 valence electrons. The minimum absolute atomic E-state index is 0.230. The number of aryl methyl sites for hydroxylation is 2. The van der Waals surface area contributed by atoms with Crippen molar-refractivity contribution >= 4 is 33.7 Å². The zero-order valence-electron chi connectivity index (χ0n) is 11.2. The molecule has 0 atom stereocenters. The topological polar surface area (TPSA) is 50.2 Å². The highest BCUT2D eigenvalue weighted by atomic mass is 79.9. The number of aromatic nitrogens is 1. The number of hydrogen-bond acceptors (Lipinski definition) is 3. The molecule has 0 spiro atoms. The molecule has 2 aromatic rings. The maximum Gasteiger partial charge on any atom is 0.338 e. The van der Waals surface area contributed by atoms with Gasteiger partial charge in [0.2, 0.25) is 0 Å². The number of carboxylic acids is 1. The van der Waals surface area contributed by atoms with Crippen molar-refractivity contribution in [2.45, 2.75) is 24.6 Å². The number of carbonyl (C=O) groups is 1. The first-order valence-electron chi connectivity index (χ1n) is 6.04. The molecule has 0 saturated carbocycles. The Morgan fingerprint density at radius 2 is 1.90 bits per heavy atom. The Labute approximate surface area is 130 Å². The number of thioether (sulfide) groups is 1. The minimum Gasteiger partial charge on any atom is -0.478 e. The van der Waals surface area contributed by atoms with Crippen molar-refractivity contribution in [3.05, 3.63) is 57.2 Å². The molecule has 0 unspecified atom stereocenters. The number of benzene rings is 1. The number of pyridine rings is 1. The molecule has 0 radical (unpaired) electrons. The Bertz CT molecular complexity index is 638. The van der Waals surface area contributed by atoms with Crippen LogP contribution in [0.5, 0.6) is 0 Å². The SMILES string of the molecule is Cc1cc(C)cc(CSc2ncc(Br)cc2C(=O)O)c1. The highest BCUT2D eigenvalue weighted by Crippen LogP contribution is 2.27. The third kappa shape index (κ3) is 3.84. The van der Waals surface area contributed by atoms with Gasteiger partial charge in [-0.1, -0.05) is 29.3 Å². The van der Waals surface area contributed by atoms with Crippen molar-refractivity contribution in [3.8, 4) is 0 Å². The molecule has 20 heavy (non-hydrogen) atoms. The summed E-state index contributed by atoms with van der Waals surface area (Å²) < 4.78 is 0.672. The zero-order valence-corrected chi connectivity index (χ0v) is 13.6. The van der Waals surface area contributed by atoms with Crippen molar-refractivity contribution in [1.82, 2.24) is 4.98 Å². The lowest BCUT2D eigenvalue weighted by Gasteiger charge is -2.07. The zero-order chi connectivity index (χ0) is 14.7. The molecule has 2 rings (SSSR count). The van der Waals surface area contributed by atoms with Gasteiger partial charge >= 0.3 is 5.97 Å². The fourth-order valence-electron chi connectivity index (χ4n) is 2.00. The van der Waals surface area contributed by atoms with E-state index in [2.05, 4.69) is 53.0 Å². The molecule has 1 N–H and O–H groups in total. The summed E-state index contributed by atoms with van der Waals surface area (Å²) in [5.41, 5.74) is 3.83. The first-order valence-corrected chi connectivity index (χ1v) is 7.82. The van der Waals surface area contributed by atoms with Crippen LogP contribution in [0.4, 0.5) is 0 Å². The second-order valence-electron chi connectivity index (χ2n) is 4.60. The van der Waals surface area contributed by atoms with Crippen LogP contribution in [0, 0.1) is 13.8 Å². The molecule has 0 aliphatic rings. The summed E-state index contributed by atoms with van der Waals surface area (Å²) in [7, 11) is 0. The molecule has 1 heterocycles. The largest absolute Gasteiger partial charge is 0.478 e. The summed E-state index contributed by atoms with van der Waals surface area (Å²) in [6.07, 6.45) is 1.62. The molecule has 5 heteroatoms. The van der Waals surface area contributed by atoms with Crippen LogP contribution in [0.3, 0.4) is 0 Å². The lowest BCUT2D eigenvalue weighted by atomic mass is 10.1. The molecular weight excluding hydrogens is 338 g/mol. The third-order valence-electron chi connectivity index (χ3n) is 2.71. The fraction of sp³-hybridized carbons (Fsp3) is 0.200. The van der Waals surface area contributed by atoms with Crippen molar-refractivity contribution in [2.24, 2.45) is 0 Å². The van der Waals surface area contributed by atoms with E-state index in [4.69, 9.17) is 0 Å². The lowest BCUT2D eigenvalue weighted by Crippen LogP contribution is -2.01. The van der Waals surface area contributed by atoms with Gasteiger partial charge in [0, 0.05) is 16.4 Å². The van der Waals surface area contributed by atoms with E-state index in [0.717, 1.165) is 0 Å². The predicted octanol–water partition coefficient (Wildman–Crippen LogP) is 4.45. The molecule has 0 amide bonds. The number of nitrogens with zero attached hydrogens (tertiary/aromatic N) is 1. The minimum atomic E-state index is -0.957. The summed E-state index contributed by atoms with van der Waals surface area (Å²) in [5, 5.41) is 9.74. The van der Waals surface area contributed by atoms with Crippen LogP contribution in [0.2, 0.25) is 0 Å². The van der Waals surface area contributed by atoms with Crippen molar-refractivity contribution in [2.75, 3.05) is 0 Å². The average Bonchev–Trinajstić information content (AvgIpc) is 2.36. The summed E-state index contributed by atoms with van der Waals surface area (Å²) in [5.74, 6) is -0.251. The Morgan fingerprint density at radius 3 is 2.50 bits per heavy atom. The van der Waals surface area contributed by atoms with Crippen LogP contribution in [-0.2, 0) is 5.75 Å². The van der Waals surface area contributed by atoms with E-state index in [1.165, 1.54) is 28.5 Å². The van der Waals surface area contributed by atoms with E-state index >= 15 is 0 Å². The van der Waals surface area contributed by atoms with Crippen LogP contribution in [0.25, 0.3) is 0 Å². The van der Waals surface area contributed by atoms with Crippen LogP contribution in [0.1, 0.15) is 27.0 Å². The van der Waals surface area contributed by atoms with Crippen LogP contribution >= 0.6 is 27.7 Å². The van der Waals surface area contributed by atoms with Gasteiger partial charge in [0.25, 0.3) is 0 Å². The average molecular weight is 352 g/mol. The van der Waals surface area contributed by atoms with Gasteiger partial charge in [0.1, 0.15) is 5.03 Å². The van der Waals surface area contributed by atoms with E-state index in [0.29, 0.717) is 15.3 Å². The molecule has 0 aliphatic heterocycles. The Morgan fingerprint density at radius 1 is 1.25 bits per heavy atom. The number of rotatable bonds is 4.